The van der Waals surface area contributed by atoms with E-state index in [2.05, 4.69) is 4.72 Å². The highest BCUT2D eigenvalue weighted by molar-refractivity contribution is 7.89. The molecule has 0 bridgehead atoms. The van der Waals surface area contributed by atoms with Crippen molar-refractivity contribution in [3.8, 4) is 0 Å². The Morgan fingerprint density at radius 1 is 1.21 bits per heavy atom. The second-order valence-corrected chi connectivity index (χ2v) is 6.57. The summed E-state index contributed by atoms with van der Waals surface area (Å²) in [7, 11) is -3.60. The van der Waals surface area contributed by atoms with Gasteiger partial charge in [0.2, 0.25) is 10.0 Å². The number of nitrogens with one attached hydrogen (secondary N) is 1. The molecule has 106 valence electrons. The average Bonchev–Trinajstić information content (AvgIpc) is 2.34. The summed E-state index contributed by atoms with van der Waals surface area (Å²) in [5, 5.41) is 9.22. The molecule has 1 atom stereocenters. The normalized spacial score (nSPS) is 14.2. The summed E-state index contributed by atoms with van der Waals surface area (Å²) in [4.78, 5) is 0.203. The summed E-state index contributed by atoms with van der Waals surface area (Å²) in [5.41, 5.74) is 0.998. The largest absolute Gasteiger partial charge is 0.394 e. The molecule has 1 aromatic carbocycles. The van der Waals surface area contributed by atoms with Gasteiger partial charge < -0.3 is 5.11 Å². The molecule has 0 aliphatic heterocycles. The molecule has 0 aliphatic rings. The van der Waals surface area contributed by atoms with Crippen LogP contribution in [0.3, 0.4) is 0 Å². The van der Waals surface area contributed by atoms with Gasteiger partial charge in [0.1, 0.15) is 0 Å². The molecule has 0 aromatic heterocycles. The van der Waals surface area contributed by atoms with Crippen molar-refractivity contribution < 1.29 is 13.5 Å². The van der Waals surface area contributed by atoms with Gasteiger partial charge in [-0.2, -0.15) is 0 Å². The number of sulfonamides is 1. The molecule has 0 spiro atoms. The first kappa shape index (κ1) is 15.9. The predicted molar refractivity (Wildman–Crippen MR) is 76.4 cm³/mol. The van der Waals surface area contributed by atoms with E-state index in [1.165, 1.54) is 0 Å². The zero-order chi connectivity index (χ0) is 14.5. The molecule has 0 aliphatic carbocycles. The van der Waals surface area contributed by atoms with Crippen LogP contribution in [0.25, 0.3) is 0 Å². The fourth-order valence-electron chi connectivity index (χ4n) is 1.48. The van der Waals surface area contributed by atoms with Crippen LogP contribution in [0.5, 0.6) is 0 Å². The van der Waals surface area contributed by atoms with Gasteiger partial charge in [-0.1, -0.05) is 43.7 Å². The van der Waals surface area contributed by atoms with E-state index in [1.807, 2.05) is 26.8 Å². The number of hydrogen-bond donors (Lipinski definition) is 2. The number of benzene rings is 1. The van der Waals surface area contributed by atoms with Crippen LogP contribution >= 0.6 is 0 Å². The van der Waals surface area contributed by atoms with E-state index in [0.717, 1.165) is 5.56 Å². The summed E-state index contributed by atoms with van der Waals surface area (Å²) in [5.74, 6) is 0.304. The maximum Gasteiger partial charge on any atom is 0.241 e. The number of aliphatic hydroxyl groups is 1. The Morgan fingerprint density at radius 2 is 1.79 bits per heavy atom. The first-order valence-electron chi connectivity index (χ1n) is 6.23. The lowest BCUT2D eigenvalue weighted by Crippen LogP contribution is -2.36. The Labute approximate surface area is 115 Å². The van der Waals surface area contributed by atoms with Crippen molar-refractivity contribution in [3.63, 3.8) is 0 Å². The van der Waals surface area contributed by atoms with Crippen LogP contribution in [0.1, 0.15) is 19.4 Å². The highest BCUT2D eigenvalue weighted by atomic mass is 32.2. The monoisotopic (exact) mass is 283 g/mol. The van der Waals surface area contributed by atoms with Gasteiger partial charge in [-0.3, -0.25) is 0 Å². The van der Waals surface area contributed by atoms with E-state index < -0.39 is 16.1 Å². The van der Waals surface area contributed by atoms with Crippen molar-refractivity contribution in [3.05, 3.63) is 42.0 Å². The third-order valence-corrected chi connectivity index (χ3v) is 4.07. The molecular weight excluding hydrogens is 262 g/mol. The molecule has 2 N–H and O–H groups in total. The Bertz CT molecular complexity index is 518. The zero-order valence-corrected chi connectivity index (χ0v) is 12.3. The molecule has 0 heterocycles. The van der Waals surface area contributed by atoms with Crippen LogP contribution in [-0.4, -0.2) is 26.2 Å². The summed E-state index contributed by atoms with van der Waals surface area (Å²) in [6.45, 7) is 5.60. The summed E-state index contributed by atoms with van der Waals surface area (Å²) < 4.78 is 26.7. The maximum atomic E-state index is 12.1. The SMILES string of the molecule is Cc1ccc(S(=O)(=O)N[C@H](/C=C/C(C)C)CO)cc1. The van der Waals surface area contributed by atoms with E-state index in [-0.39, 0.29) is 11.5 Å². The van der Waals surface area contributed by atoms with E-state index >= 15 is 0 Å². The fraction of sp³-hybridized carbons (Fsp3) is 0.429. The Kier molecular flexibility index (Phi) is 5.72. The van der Waals surface area contributed by atoms with Crippen LogP contribution in [0.4, 0.5) is 0 Å². The van der Waals surface area contributed by atoms with Crippen LogP contribution in [0, 0.1) is 12.8 Å². The number of rotatable bonds is 6. The maximum absolute atomic E-state index is 12.1. The van der Waals surface area contributed by atoms with Crippen molar-refractivity contribution >= 4 is 10.0 Å². The molecule has 19 heavy (non-hydrogen) atoms. The fourth-order valence-corrected chi connectivity index (χ4v) is 2.66. The highest BCUT2D eigenvalue weighted by Gasteiger charge is 2.17. The zero-order valence-electron chi connectivity index (χ0n) is 11.5. The van der Waals surface area contributed by atoms with Gasteiger partial charge >= 0.3 is 0 Å². The van der Waals surface area contributed by atoms with Crippen molar-refractivity contribution in [1.82, 2.24) is 4.72 Å². The summed E-state index contributed by atoms with van der Waals surface area (Å²) in [6, 6.07) is 5.99. The summed E-state index contributed by atoms with van der Waals surface area (Å²) in [6.07, 6.45) is 3.54. The number of allylic oxidation sites excluding steroid dienone is 1. The molecule has 1 rings (SSSR count). The van der Waals surface area contributed by atoms with Gasteiger partial charge in [-0.05, 0) is 25.0 Å². The molecule has 1 aromatic rings. The van der Waals surface area contributed by atoms with Gasteiger partial charge in [0.25, 0.3) is 0 Å². The van der Waals surface area contributed by atoms with Crippen molar-refractivity contribution in [2.45, 2.75) is 31.7 Å². The molecule has 5 heteroatoms. The minimum absolute atomic E-state index is 0.203. The molecule has 0 radical (unpaired) electrons. The molecule has 0 saturated heterocycles. The first-order valence-corrected chi connectivity index (χ1v) is 7.71. The Morgan fingerprint density at radius 3 is 2.26 bits per heavy atom. The molecule has 0 unspecified atom stereocenters. The quantitative estimate of drug-likeness (QED) is 0.783. The minimum atomic E-state index is -3.60. The van der Waals surface area contributed by atoms with Crippen molar-refractivity contribution in [1.29, 1.82) is 0 Å². The van der Waals surface area contributed by atoms with Crippen molar-refractivity contribution in [2.75, 3.05) is 6.61 Å². The lowest BCUT2D eigenvalue weighted by Gasteiger charge is -2.13. The molecule has 0 saturated carbocycles. The number of hydrogen-bond acceptors (Lipinski definition) is 3. The van der Waals surface area contributed by atoms with Crippen molar-refractivity contribution in [2.24, 2.45) is 5.92 Å². The lowest BCUT2D eigenvalue weighted by atomic mass is 10.2. The van der Waals surface area contributed by atoms with E-state index in [0.29, 0.717) is 5.92 Å². The predicted octanol–water partition coefficient (Wildman–Crippen LogP) is 1.85. The van der Waals surface area contributed by atoms with Crippen LogP contribution < -0.4 is 4.72 Å². The van der Waals surface area contributed by atoms with E-state index in [1.54, 1.807) is 30.3 Å². The van der Waals surface area contributed by atoms with Crippen LogP contribution in [-0.2, 0) is 10.0 Å². The molecule has 0 fully saturated rings. The minimum Gasteiger partial charge on any atom is -0.394 e. The van der Waals surface area contributed by atoms with Crippen LogP contribution in [0.2, 0.25) is 0 Å². The third kappa shape index (κ3) is 5.14. The second kappa shape index (κ2) is 6.84. The average molecular weight is 283 g/mol. The second-order valence-electron chi connectivity index (χ2n) is 4.85. The van der Waals surface area contributed by atoms with E-state index in [4.69, 9.17) is 0 Å². The van der Waals surface area contributed by atoms with Gasteiger partial charge in [-0.15, -0.1) is 0 Å². The smallest absolute Gasteiger partial charge is 0.241 e. The van der Waals surface area contributed by atoms with Gasteiger partial charge in [0.15, 0.2) is 0 Å². The van der Waals surface area contributed by atoms with Gasteiger partial charge in [0.05, 0.1) is 17.5 Å². The molecule has 0 amide bonds. The molecule has 4 nitrogen and oxygen atoms in total. The topological polar surface area (TPSA) is 66.4 Å². The first-order chi connectivity index (χ1) is 8.85. The number of aliphatic hydroxyl groups excluding tert-OH is 1. The standard InChI is InChI=1S/C14H21NO3S/c1-11(2)4-7-13(10-16)15-19(17,18)14-8-5-12(3)6-9-14/h4-9,11,13,15-16H,10H2,1-3H3/b7-4+/t13-/m1/s1. The lowest BCUT2D eigenvalue weighted by molar-refractivity contribution is 0.276. The third-order valence-electron chi connectivity index (χ3n) is 2.56. The van der Waals surface area contributed by atoms with Gasteiger partial charge in [0, 0.05) is 0 Å². The molecular formula is C14H21NO3S. The Hall–Kier alpha value is -1.17. The Balaban J connectivity index is 2.86. The highest BCUT2D eigenvalue weighted by Crippen LogP contribution is 2.11. The van der Waals surface area contributed by atoms with E-state index in [9.17, 15) is 13.5 Å². The van der Waals surface area contributed by atoms with Crippen LogP contribution in [0.15, 0.2) is 41.3 Å². The van der Waals surface area contributed by atoms with Gasteiger partial charge in [-0.25, -0.2) is 13.1 Å². The summed E-state index contributed by atoms with van der Waals surface area (Å²) >= 11 is 0. The number of aryl methyl sites for hydroxylation is 1.